The monoisotopic (exact) mass is 724 g/mol. The average molecular weight is 725 g/mol. The quantitative estimate of drug-likeness (QED) is 0.0898. The summed E-state index contributed by atoms with van der Waals surface area (Å²) in [6, 6.07) is 0. The van der Waals surface area contributed by atoms with Crippen LogP contribution in [0.5, 0.6) is 0 Å². The van der Waals surface area contributed by atoms with Crippen LogP contribution in [-0.4, -0.2) is 99.9 Å². The molecule has 25 heteroatoms. The molecule has 2 saturated heterocycles. The van der Waals surface area contributed by atoms with Crippen LogP contribution < -0.4 is 17.0 Å². The Balaban J connectivity index is 1.16. The fourth-order valence-corrected chi connectivity index (χ4v) is 7.16. The molecule has 6 rings (SSSR count). The number of nitrogens with one attached hydrogen (secondary N) is 1. The van der Waals surface area contributed by atoms with Crippen molar-refractivity contribution in [2.45, 2.75) is 49.5 Å². The molecule has 0 saturated carbocycles. The fourth-order valence-electron chi connectivity index (χ4n) is 5.03. The highest BCUT2D eigenvalue weighted by Crippen LogP contribution is 2.57. The maximum Gasteiger partial charge on any atom is 0.386 e. The molecular formula is C21H27FN10O10P2S2. The number of nitrogens with zero attached hydrogens (tertiary/aromatic N) is 7. The van der Waals surface area contributed by atoms with Crippen molar-refractivity contribution in [2.75, 3.05) is 31.8 Å². The highest BCUT2D eigenvalue weighted by atomic mass is 32.7. The molecule has 0 bridgehead atoms. The minimum absolute atomic E-state index is 0.00440. The van der Waals surface area contributed by atoms with Crippen molar-refractivity contribution >= 4 is 71.7 Å². The second-order valence-electron chi connectivity index (χ2n) is 10.1. The molecule has 0 radical (unpaired) electrons. The molecule has 20 nitrogen and oxygen atoms in total. The Morgan fingerprint density at radius 3 is 2.59 bits per heavy atom. The van der Waals surface area contributed by atoms with Crippen LogP contribution in [0, 0.1) is 0 Å². The van der Waals surface area contributed by atoms with Gasteiger partial charge in [-0.25, -0.2) is 28.9 Å². The Morgan fingerprint density at radius 1 is 1.13 bits per heavy atom. The second kappa shape index (κ2) is 12.7. The van der Waals surface area contributed by atoms with E-state index < -0.39 is 75.3 Å². The summed E-state index contributed by atoms with van der Waals surface area (Å²) in [6.45, 7) is -9.01. The van der Waals surface area contributed by atoms with E-state index in [-0.39, 0.29) is 40.5 Å². The third-order valence-corrected chi connectivity index (χ3v) is 10.4. The molecule has 0 spiro atoms. The van der Waals surface area contributed by atoms with Crippen molar-refractivity contribution < 1.29 is 46.5 Å². The summed E-state index contributed by atoms with van der Waals surface area (Å²) in [6.07, 6.45) is -5.75. The number of aromatic amines is 1. The molecule has 2 aliphatic heterocycles. The second-order valence-corrected chi connectivity index (χ2v) is 15.9. The zero-order chi connectivity index (χ0) is 33.0. The molecule has 9 atom stereocenters. The van der Waals surface area contributed by atoms with Gasteiger partial charge in [-0.1, -0.05) is 12.2 Å². The number of fused-ring (bicyclic) bond motifs is 2. The van der Waals surface area contributed by atoms with Crippen molar-refractivity contribution in [2.24, 2.45) is 0 Å². The highest BCUT2D eigenvalue weighted by molar-refractivity contribution is 8.44. The molecular weight excluding hydrogens is 697 g/mol. The van der Waals surface area contributed by atoms with Crippen LogP contribution >= 0.6 is 25.8 Å². The lowest BCUT2D eigenvalue weighted by Gasteiger charge is -2.24. The van der Waals surface area contributed by atoms with Crippen LogP contribution in [-0.2, 0) is 43.9 Å². The van der Waals surface area contributed by atoms with E-state index in [4.69, 9.17) is 50.8 Å². The van der Waals surface area contributed by atoms with Gasteiger partial charge in [-0.05, 0) is 11.8 Å². The number of aliphatic hydroxyl groups excluding tert-OH is 1. The smallest absolute Gasteiger partial charge is 0.386 e. The van der Waals surface area contributed by atoms with E-state index >= 15 is 4.39 Å². The predicted octanol–water partition coefficient (Wildman–Crippen LogP) is 0.327. The van der Waals surface area contributed by atoms with Gasteiger partial charge in [0.15, 0.2) is 41.3 Å². The van der Waals surface area contributed by atoms with Gasteiger partial charge in [0.2, 0.25) is 5.95 Å². The molecule has 6 heterocycles. The summed E-state index contributed by atoms with van der Waals surface area (Å²) in [5.74, 6) is -0.108. The molecule has 0 aromatic carbocycles. The van der Waals surface area contributed by atoms with E-state index in [0.717, 1.165) is 13.4 Å². The Bertz CT molecular complexity index is 1920. The number of nitrogens with two attached hydrogens (primary N) is 2. The van der Waals surface area contributed by atoms with Gasteiger partial charge in [-0.3, -0.25) is 28.0 Å². The van der Waals surface area contributed by atoms with Crippen molar-refractivity contribution in [3.63, 3.8) is 0 Å². The predicted molar refractivity (Wildman–Crippen MR) is 163 cm³/mol. The van der Waals surface area contributed by atoms with Crippen molar-refractivity contribution in [3.8, 4) is 0 Å². The standard InChI is InChI=1S/C21H27FN10O10P2S2/c1-37-43(35,45)39-4-10-14(11(22)20(41-10)31-6-27-12-15(23)25-5-26-16(12)31)42-44(36,46)38-3-8-2-9(33)19(40-8)32-7-28-13-17(32)29-21(24)30-18(13)34/h5-11,14,19-20,33H,2-4H2,1H3,(H,35,45)(H,36,46)(H2,23,25,26)(H3,24,29,30,34)/t8-,9+,10?,11+,14+,19+,20+,43?,44?/m0/s1. The number of halogens is 1. The number of aromatic nitrogens is 8. The molecule has 0 amide bonds. The number of alkyl halides is 1. The van der Waals surface area contributed by atoms with Gasteiger partial charge in [-0.15, -0.1) is 0 Å². The number of H-pyrrole nitrogens is 1. The lowest BCUT2D eigenvalue weighted by atomic mass is 10.1. The summed E-state index contributed by atoms with van der Waals surface area (Å²) in [7, 11) is 1.13. The number of anilines is 2. The van der Waals surface area contributed by atoms with Gasteiger partial charge in [0.25, 0.3) is 5.56 Å². The third-order valence-electron chi connectivity index (χ3n) is 7.13. The van der Waals surface area contributed by atoms with Crippen LogP contribution in [0.15, 0.2) is 23.8 Å². The Labute approximate surface area is 267 Å². The van der Waals surface area contributed by atoms with Gasteiger partial charge in [-0.2, -0.15) is 4.98 Å². The molecule has 250 valence electrons. The third kappa shape index (κ3) is 6.55. The van der Waals surface area contributed by atoms with Crippen molar-refractivity contribution in [3.05, 3.63) is 29.3 Å². The molecule has 46 heavy (non-hydrogen) atoms. The fraction of sp³-hybridized carbons (Fsp3) is 0.524. The largest absolute Gasteiger partial charge is 0.388 e. The minimum atomic E-state index is -4.37. The minimum Gasteiger partial charge on any atom is -0.388 e. The summed E-state index contributed by atoms with van der Waals surface area (Å²) in [4.78, 5) is 44.6. The number of aliphatic hydroxyl groups is 1. The Kier molecular flexibility index (Phi) is 9.21. The molecule has 4 aromatic rings. The lowest BCUT2D eigenvalue weighted by molar-refractivity contribution is -0.0501. The summed E-state index contributed by atoms with van der Waals surface area (Å²) in [5.41, 5.74) is 11.3. The van der Waals surface area contributed by atoms with E-state index in [1.165, 1.54) is 21.8 Å². The topological polar surface area (TPSA) is 272 Å². The van der Waals surface area contributed by atoms with E-state index in [1.54, 1.807) is 0 Å². The molecule has 4 aromatic heterocycles. The molecule has 2 aliphatic rings. The number of hydrogen-bond acceptors (Lipinski definition) is 17. The zero-order valence-corrected chi connectivity index (χ0v) is 27.0. The van der Waals surface area contributed by atoms with Crippen molar-refractivity contribution in [1.29, 1.82) is 0 Å². The molecule has 7 N–H and O–H groups in total. The Morgan fingerprint density at radius 2 is 1.85 bits per heavy atom. The first-order chi connectivity index (χ1) is 21.8. The van der Waals surface area contributed by atoms with Crippen LogP contribution in [0.1, 0.15) is 18.9 Å². The number of imidazole rings is 2. The first-order valence-corrected chi connectivity index (χ1v) is 18.5. The number of ether oxygens (including phenoxy) is 2. The van der Waals surface area contributed by atoms with Gasteiger partial charge in [0, 0.05) is 13.5 Å². The Hall–Kier alpha value is -2.66. The number of hydrogen-bond donors (Lipinski definition) is 6. The summed E-state index contributed by atoms with van der Waals surface area (Å²) < 4.78 is 64.7. The van der Waals surface area contributed by atoms with E-state index in [0.29, 0.717) is 0 Å². The highest BCUT2D eigenvalue weighted by Gasteiger charge is 2.51. The molecule has 0 aliphatic carbocycles. The summed E-state index contributed by atoms with van der Waals surface area (Å²) in [5, 5.41) is 10.7. The van der Waals surface area contributed by atoms with Gasteiger partial charge >= 0.3 is 13.5 Å². The summed E-state index contributed by atoms with van der Waals surface area (Å²) >= 11 is 8.88. The number of nitrogen functional groups attached to an aromatic ring is 2. The molecule has 2 fully saturated rings. The maximum atomic E-state index is 16.1. The van der Waals surface area contributed by atoms with Gasteiger partial charge in [0.1, 0.15) is 30.2 Å². The lowest BCUT2D eigenvalue weighted by Crippen LogP contribution is -2.33. The zero-order valence-electron chi connectivity index (χ0n) is 23.5. The number of thiol groups is 1. The molecule has 3 unspecified atom stereocenters. The first kappa shape index (κ1) is 33.2. The first-order valence-electron chi connectivity index (χ1n) is 13.2. The van der Waals surface area contributed by atoms with E-state index in [2.05, 4.69) is 42.2 Å². The average Bonchev–Trinajstić information content (AvgIpc) is 3.77. The normalized spacial score (nSPS) is 29.4. The number of rotatable bonds is 11. The van der Waals surface area contributed by atoms with Crippen molar-refractivity contribution in [1.82, 2.24) is 39.0 Å². The van der Waals surface area contributed by atoms with Gasteiger partial charge < -0.3 is 40.0 Å². The van der Waals surface area contributed by atoms with Crippen LogP contribution in [0.3, 0.4) is 0 Å². The van der Waals surface area contributed by atoms with E-state index in [1.807, 2.05) is 0 Å². The van der Waals surface area contributed by atoms with Gasteiger partial charge in [0.05, 0.1) is 32.0 Å². The SMILES string of the molecule is COP(O)(=S)OCC1O[C@@H](n2cnc3c(N)ncnc32)[C@H](F)[C@@H]1OP(=O)(S)OC[C@@H]1C[C@@H](O)[C@H](n2cnc3c(=O)[nH]c(N)nc32)O1. The van der Waals surface area contributed by atoms with Crippen LogP contribution in [0.4, 0.5) is 16.2 Å². The van der Waals surface area contributed by atoms with Crippen LogP contribution in [0.2, 0.25) is 0 Å². The van der Waals surface area contributed by atoms with Crippen LogP contribution in [0.25, 0.3) is 22.3 Å². The van der Waals surface area contributed by atoms with E-state index in [9.17, 15) is 19.4 Å². The maximum absolute atomic E-state index is 16.1.